The number of carboxylic acids is 1. The molecule has 1 aromatic carbocycles. The van der Waals surface area contributed by atoms with Crippen molar-refractivity contribution in [1.82, 2.24) is 0 Å². The van der Waals surface area contributed by atoms with E-state index in [-0.39, 0.29) is 17.6 Å². The minimum Gasteiger partial charge on any atom is -0.508 e. The highest BCUT2D eigenvalue weighted by molar-refractivity contribution is 5.70. The van der Waals surface area contributed by atoms with Crippen molar-refractivity contribution in [2.24, 2.45) is 11.8 Å². The molecule has 15 heavy (non-hydrogen) atoms. The lowest BCUT2D eigenvalue weighted by Gasteiger charge is -2.15. The maximum absolute atomic E-state index is 11.0. The molecule has 0 heterocycles. The third kappa shape index (κ3) is 3.27. The Morgan fingerprint density at radius 2 is 1.80 bits per heavy atom. The molecule has 0 aliphatic carbocycles. The molecular formula is C12H16O3. The molecule has 0 aliphatic rings. The first-order valence-electron chi connectivity index (χ1n) is 5.01. The van der Waals surface area contributed by atoms with E-state index in [2.05, 4.69) is 0 Å². The Morgan fingerprint density at radius 3 is 2.20 bits per heavy atom. The summed E-state index contributed by atoms with van der Waals surface area (Å²) < 4.78 is 0. The van der Waals surface area contributed by atoms with E-state index in [0.717, 1.165) is 5.56 Å². The molecule has 1 aromatic rings. The van der Waals surface area contributed by atoms with E-state index >= 15 is 0 Å². The third-order valence-corrected chi connectivity index (χ3v) is 2.51. The number of benzene rings is 1. The highest BCUT2D eigenvalue weighted by atomic mass is 16.4. The summed E-state index contributed by atoms with van der Waals surface area (Å²) in [5, 5.41) is 18.1. The smallest absolute Gasteiger partial charge is 0.307 e. The maximum atomic E-state index is 11.0. The van der Waals surface area contributed by atoms with E-state index in [0.29, 0.717) is 6.42 Å². The molecule has 0 spiro atoms. The standard InChI is InChI=1S/C12H16O3/c1-8(2)11(12(14)15)7-9-3-5-10(13)6-4-9/h3-6,8,11,13H,7H2,1-2H3,(H,14,15). The van der Waals surface area contributed by atoms with Gasteiger partial charge in [-0.05, 0) is 30.0 Å². The van der Waals surface area contributed by atoms with Gasteiger partial charge in [0.2, 0.25) is 0 Å². The Balaban J connectivity index is 2.74. The summed E-state index contributed by atoms with van der Waals surface area (Å²) in [7, 11) is 0. The van der Waals surface area contributed by atoms with Gasteiger partial charge in [-0.1, -0.05) is 26.0 Å². The molecule has 3 heteroatoms. The summed E-state index contributed by atoms with van der Waals surface area (Å²) in [4.78, 5) is 11.0. The van der Waals surface area contributed by atoms with Crippen LogP contribution >= 0.6 is 0 Å². The zero-order valence-corrected chi connectivity index (χ0v) is 8.97. The van der Waals surface area contributed by atoms with Crippen LogP contribution in [0.25, 0.3) is 0 Å². The van der Waals surface area contributed by atoms with E-state index in [9.17, 15) is 4.79 Å². The number of aliphatic carboxylic acids is 1. The Labute approximate surface area is 89.4 Å². The van der Waals surface area contributed by atoms with Crippen molar-refractivity contribution in [1.29, 1.82) is 0 Å². The molecule has 0 amide bonds. The second-order valence-corrected chi connectivity index (χ2v) is 4.06. The van der Waals surface area contributed by atoms with Gasteiger partial charge in [-0.3, -0.25) is 4.79 Å². The number of rotatable bonds is 4. The summed E-state index contributed by atoms with van der Waals surface area (Å²) >= 11 is 0. The van der Waals surface area contributed by atoms with Gasteiger partial charge in [0.1, 0.15) is 5.75 Å². The van der Waals surface area contributed by atoms with Gasteiger partial charge in [0.15, 0.2) is 0 Å². The molecule has 82 valence electrons. The Kier molecular flexibility index (Phi) is 3.72. The number of carboxylic acid groups (broad SMARTS) is 1. The predicted octanol–water partition coefficient (Wildman–Crippen LogP) is 2.29. The summed E-state index contributed by atoms with van der Waals surface area (Å²) in [6.45, 7) is 3.80. The summed E-state index contributed by atoms with van der Waals surface area (Å²) in [6, 6.07) is 6.67. The van der Waals surface area contributed by atoms with E-state index in [1.165, 1.54) is 0 Å². The Morgan fingerprint density at radius 1 is 1.27 bits per heavy atom. The van der Waals surface area contributed by atoms with Crippen LogP contribution in [0.15, 0.2) is 24.3 Å². The number of carbonyl (C=O) groups is 1. The van der Waals surface area contributed by atoms with Gasteiger partial charge in [0, 0.05) is 0 Å². The molecule has 2 N–H and O–H groups in total. The molecule has 0 aliphatic heterocycles. The summed E-state index contributed by atoms with van der Waals surface area (Å²) in [5.41, 5.74) is 0.939. The lowest BCUT2D eigenvalue weighted by molar-refractivity contribution is -0.143. The average Bonchev–Trinajstić information content (AvgIpc) is 2.15. The Bertz CT molecular complexity index is 327. The van der Waals surface area contributed by atoms with Crippen LogP contribution in [-0.2, 0) is 11.2 Å². The van der Waals surface area contributed by atoms with Gasteiger partial charge in [0.25, 0.3) is 0 Å². The normalized spacial score (nSPS) is 12.7. The number of phenolic OH excluding ortho intramolecular Hbond substituents is 1. The molecule has 0 saturated carbocycles. The minimum absolute atomic E-state index is 0.108. The molecule has 1 atom stereocenters. The van der Waals surface area contributed by atoms with Gasteiger partial charge in [0.05, 0.1) is 5.92 Å². The van der Waals surface area contributed by atoms with Crippen LogP contribution in [0.1, 0.15) is 19.4 Å². The van der Waals surface area contributed by atoms with Crippen LogP contribution in [0.4, 0.5) is 0 Å². The molecule has 0 aromatic heterocycles. The predicted molar refractivity (Wildman–Crippen MR) is 57.8 cm³/mol. The van der Waals surface area contributed by atoms with Crippen LogP contribution < -0.4 is 0 Å². The molecule has 0 fully saturated rings. The Hall–Kier alpha value is -1.51. The topological polar surface area (TPSA) is 57.5 Å². The van der Waals surface area contributed by atoms with Crippen molar-refractivity contribution in [3.63, 3.8) is 0 Å². The summed E-state index contributed by atoms with van der Waals surface area (Å²) in [6.07, 6.45) is 0.507. The van der Waals surface area contributed by atoms with Crippen LogP contribution in [-0.4, -0.2) is 16.2 Å². The average molecular weight is 208 g/mol. The minimum atomic E-state index is -0.766. The monoisotopic (exact) mass is 208 g/mol. The largest absolute Gasteiger partial charge is 0.508 e. The highest BCUT2D eigenvalue weighted by Gasteiger charge is 2.21. The fraction of sp³-hybridized carbons (Fsp3) is 0.417. The fourth-order valence-corrected chi connectivity index (χ4v) is 1.49. The quantitative estimate of drug-likeness (QED) is 0.798. The van der Waals surface area contributed by atoms with Crippen LogP contribution in [0.2, 0.25) is 0 Å². The first-order chi connectivity index (χ1) is 7.00. The van der Waals surface area contributed by atoms with Gasteiger partial charge < -0.3 is 10.2 Å². The number of hydrogen-bond acceptors (Lipinski definition) is 2. The van der Waals surface area contributed by atoms with Crippen LogP contribution in [0.3, 0.4) is 0 Å². The lowest BCUT2D eigenvalue weighted by atomic mass is 9.89. The van der Waals surface area contributed by atoms with E-state index < -0.39 is 5.97 Å². The lowest BCUT2D eigenvalue weighted by Crippen LogP contribution is -2.22. The highest BCUT2D eigenvalue weighted by Crippen LogP contribution is 2.19. The van der Waals surface area contributed by atoms with Gasteiger partial charge in [-0.25, -0.2) is 0 Å². The molecule has 0 radical (unpaired) electrons. The molecule has 0 bridgehead atoms. The van der Waals surface area contributed by atoms with Crippen LogP contribution in [0, 0.1) is 11.8 Å². The molecule has 3 nitrogen and oxygen atoms in total. The van der Waals surface area contributed by atoms with Crippen molar-refractivity contribution >= 4 is 5.97 Å². The van der Waals surface area contributed by atoms with E-state index in [1.54, 1.807) is 24.3 Å². The molecule has 1 unspecified atom stereocenters. The number of aromatic hydroxyl groups is 1. The summed E-state index contributed by atoms with van der Waals surface area (Å²) in [5.74, 6) is -0.820. The molecule has 1 rings (SSSR count). The third-order valence-electron chi connectivity index (χ3n) is 2.51. The van der Waals surface area contributed by atoms with Crippen molar-refractivity contribution in [3.05, 3.63) is 29.8 Å². The second kappa shape index (κ2) is 4.82. The van der Waals surface area contributed by atoms with E-state index in [4.69, 9.17) is 10.2 Å². The van der Waals surface area contributed by atoms with Gasteiger partial charge >= 0.3 is 5.97 Å². The number of phenols is 1. The van der Waals surface area contributed by atoms with E-state index in [1.807, 2.05) is 13.8 Å². The zero-order valence-electron chi connectivity index (χ0n) is 8.97. The molecular weight excluding hydrogens is 192 g/mol. The molecule has 0 saturated heterocycles. The first-order valence-corrected chi connectivity index (χ1v) is 5.01. The number of hydrogen-bond donors (Lipinski definition) is 2. The maximum Gasteiger partial charge on any atom is 0.307 e. The first kappa shape index (κ1) is 11.6. The van der Waals surface area contributed by atoms with Crippen LogP contribution in [0.5, 0.6) is 5.75 Å². The van der Waals surface area contributed by atoms with Gasteiger partial charge in [-0.15, -0.1) is 0 Å². The van der Waals surface area contributed by atoms with Crippen molar-refractivity contribution < 1.29 is 15.0 Å². The SMILES string of the molecule is CC(C)C(Cc1ccc(O)cc1)C(=O)O. The van der Waals surface area contributed by atoms with Crippen molar-refractivity contribution in [3.8, 4) is 5.75 Å². The van der Waals surface area contributed by atoms with Crippen molar-refractivity contribution in [2.45, 2.75) is 20.3 Å². The fourth-order valence-electron chi connectivity index (χ4n) is 1.49. The van der Waals surface area contributed by atoms with Gasteiger partial charge in [-0.2, -0.15) is 0 Å². The van der Waals surface area contributed by atoms with Crippen molar-refractivity contribution in [2.75, 3.05) is 0 Å². The second-order valence-electron chi connectivity index (χ2n) is 4.06. The zero-order chi connectivity index (χ0) is 11.4.